The van der Waals surface area contributed by atoms with Gasteiger partial charge in [-0.3, -0.25) is 4.98 Å². The predicted octanol–water partition coefficient (Wildman–Crippen LogP) is -0.298. The van der Waals surface area contributed by atoms with Crippen molar-refractivity contribution >= 4 is 10.0 Å². The minimum atomic E-state index is -3.67. The van der Waals surface area contributed by atoms with Crippen LogP contribution >= 0.6 is 0 Å². The molecule has 0 spiro atoms. The molecule has 2 heterocycles. The van der Waals surface area contributed by atoms with Crippen LogP contribution in [0.15, 0.2) is 23.2 Å². The third kappa shape index (κ3) is 3.78. The lowest BCUT2D eigenvalue weighted by atomic mass is 9.95. The first-order valence-electron chi connectivity index (χ1n) is 6.79. The number of nitrogens with zero attached hydrogens (tertiary/aromatic N) is 2. The van der Waals surface area contributed by atoms with E-state index in [2.05, 4.69) is 4.98 Å². The third-order valence-corrected chi connectivity index (χ3v) is 5.44. The van der Waals surface area contributed by atoms with Crippen LogP contribution in [0.1, 0.15) is 18.5 Å². The lowest BCUT2D eigenvalue weighted by Gasteiger charge is -2.34. The Balaban J connectivity index is 2.13. The fourth-order valence-electron chi connectivity index (χ4n) is 2.27. The molecule has 0 aliphatic carbocycles. The molecule has 21 heavy (non-hydrogen) atoms. The van der Waals surface area contributed by atoms with Gasteiger partial charge in [0.2, 0.25) is 10.0 Å². The van der Waals surface area contributed by atoms with Crippen LogP contribution in [-0.4, -0.2) is 55.2 Å². The zero-order valence-electron chi connectivity index (χ0n) is 12.0. The van der Waals surface area contributed by atoms with Crippen LogP contribution in [0.5, 0.6) is 0 Å². The fraction of sp³-hybridized carbons (Fsp3) is 0.615. The van der Waals surface area contributed by atoms with Gasteiger partial charge in [0.1, 0.15) is 4.90 Å². The number of nitrogens with two attached hydrogens (primary N) is 1. The Morgan fingerprint density at radius 3 is 2.62 bits per heavy atom. The van der Waals surface area contributed by atoms with Gasteiger partial charge in [0.15, 0.2) is 0 Å². The summed E-state index contributed by atoms with van der Waals surface area (Å²) in [4.78, 5) is 4.09. The van der Waals surface area contributed by atoms with Crippen molar-refractivity contribution in [2.75, 3.05) is 26.8 Å². The van der Waals surface area contributed by atoms with E-state index >= 15 is 0 Å². The molecule has 7 nitrogen and oxygen atoms in total. The number of aromatic nitrogens is 1. The topological polar surface area (TPSA) is 106 Å². The molecule has 0 saturated carbocycles. The van der Waals surface area contributed by atoms with Crippen LogP contribution in [0.2, 0.25) is 0 Å². The van der Waals surface area contributed by atoms with Crippen molar-refractivity contribution in [3.8, 4) is 0 Å². The highest BCUT2D eigenvalue weighted by Crippen LogP contribution is 2.24. The zero-order chi connectivity index (χ0) is 15.5. The molecule has 1 aromatic rings. The normalized spacial score (nSPS) is 18.9. The van der Waals surface area contributed by atoms with E-state index in [1.54, 1.807) is 6.07 Å². The van der Waals surface area contributed by atoms with Gasteiger partial charge < -0.3 is 15.6 Å². The fourth-order valence-corrected chi connectivity index (χ4v) is 3.47. The van der Waals surface area contributed by atoms with Crippen molar-refractivity contribution in [3.05, 3.63) is 24.0 Å². The molecule has 1 aliphatic rings. The lowest BCUT2D eigenvalue weighted by Crippen LogP contribution is -2.47. The van der Waals surface area contributed by atoms with E-state index in [0.717, 1.165) is 4.31 Å². The molecule has 3 N–H and O–H groups in total. The first kappa shape index (κ1) is 16.3. The summed E-state index contributed by atoms with van der Waals surface area (Å²) in [5, 5.41) is 10.4. The third-order valence-electron chi connectivity index (χ3n) is 3.66. The summed E-state index contributed by atoms with van der Waals surface area (Å²) in [6, 6.07) is 3.07. The second-order valence-electron chi connectivity index (χ2n) is 5.29. The Bertz CT molecular complexity index is 568. The average molecular weight is 315 g/mol. The molecule has 8 heteroatoms. The highest BCUT2D eigenvalue weighted by atomic mass is 32.2. The first-order valence-corrected chi connectivity index (χ1v) is 8.23. The number of likely N-dealkylation sites (N-methyl/N-ethyl adjacent to an activating group) is 1. The Labute approximate surface area is 124 Å². The maximum absolute atomic E-state index is 12.5. The lowest BCUT2D eigenvalue weighted by molar-refractivity contribution is -0.0689. The van der Waals surface area contributed by atoms with Gasteiger partial charge in [-0.15, -0.1) is 0 Å². The molecule has 0 amide bonds. The summed E-state index contributed by atoms with van der Waals surface area (Å²) in [6.07, 6.45) is 2.15. The van der Waals surface area contributed by atoms with Crippen molar-refractivity contribution in [3.63, 3.8) is 0 Å². The summed E-state index contributed by atoms with van der Waals surface area (Å²) in [5.74, 6) is 0. The molecule has 0 atom stereocenters. The van der Waals surface area contributed by atoms with E-state index in [1.165, 1.54) is 19.3 Å². The van der Waals surface area contributed by atoms with Crippen molar-refractivity contribution < 1.29 is 18.3 Å². The van der Waals surface area contributed by atoms with E-state index in [4.69, 9.17) is 10.5 Å². The van der Waals surface area contributed by atoms with E-state index in [-0.39, 0.29) is 18.0 Å². The molecule has 0 radical (unpaired) electrons. The Morgan fingerprint density at radius 1 is 1.43 bits per heavy atom. The average Bonchev–Trinajstić information content (AvgIpc) is 2.47. The molecular formula is C13H21N3O4S. The molecule has 1 fully saturated rings. The van der Waals surface area contributed by atoms with Gasteiger partial charge in [-0.25, -0.2) is 8.42 Å². The van der Waals surface area contributed by atoms with E-state index in [0.29, 0.717) is 31.7 Å². The van der Waals surface area contributed by atoms with E-state index in [9.17, 15) is 13.5 Å². The quantitative estimate of drug-likeness (QED) is 0.773. The second-order valence-corrected chi connectivity index (χ2v) is 7.33. The van der Waals surface area contributed by atoms with Gasteiger partial charge in [-0.2, -0.15) is 4.31 Å². The van der Waals surface area contributed by atoms with Gasteiger partial charge in [0.05, 0.1) is 11.3 Å². The molecule has 1 aliphatic heterocycles. The minimum Gasteiger partial charge on any atom is -0.388 e. The molecule has 0 unspecified atom stereocenters. The Kier molecular flexibility index (Phi) is 4.95. The van der Waals surface area contributed by atoms with Crippen molar-refractivity contribution in [2.45, 2.75) is 29.9 Å². The summed E-state index contributed by atoms with van der Waals surface area (Å²) in [5.41, 5.74) is 5.03. The number of pyridine rings is 1. The number of sulfonamides is 1. The number of hydrogen-bond donors (Lipinski definition) is 2. The standard InChI is InChI=1S/C13H21N3O4S/c1-16(10-13(17)4-6-20-7-5-13)21(18,19)12-3-2-11(8-14)15-9-12/h2-3,9,17H,4-8,10,14H2,1H3. The summed E-state index contributed by atoms with van der Waals surface area (Å²) >= 11 is 0. The van der Waals surface area contributed by atoms with Gasteiger partial charge in [-0.1, -0.05) is 0 Å². The molecule has 0 bridgehead atoms. The largest absolute Gasteiger partial charge is 0.388 e. The predicted molar refractivity (Wildman–Crippen MR) is 76.9 cm³/mol. The van der Waals surface area contributed by atoms with Crippen LogP contribution < -0.4 is 5.73 Å². The van der Waals surface area contributed by atoms with Crippen molar-refractivity contribution in [2.24, 2.45) is 5.73 Å². The molecule has 118 valence electrons. The van der Waals surface area contributed by atoms with Gasteiger partial charge in [0.25, 0.3) is 0 Å². The second kappa shape index (κ2) is 6.37. The molecule has 0 aromatic carbocycles. The van der Waals surface area contributed by atoms with E-state index in [1.807, 2.05) is 0 Å². The summed E-state index contributed by atoms with van der Waals surface area (Å²) in [6.45, 7) is 1.18. The highest BCUT2D eigenvalue weighted by Gasteiger charge is 2.35. The van der Waals surface area contributed by atoms with Crippen LogP contribution in [-0.2, 0) is 21.3 Å². The number of rotatable bonds is 5. The van der Waals surface area contributed by atoms with Crippen LogP contribution in [0.4, 0.5) is 0 Å². The summed E-state index contributed by atoms with van der Waals surface area (Å²) in [7, 11) is -2.21. The molecular weight excluding hydrogens is 294 g/mol. The van der Waals surface area contributed by atoms with Crippen molar-refractivity contribution in [1.29, 1.82) is 0 Å². The summed E-state index contributed by atoms with van der Waals surface area (Å²) < 4.78 is 31.3. The maximum Gasteiger partial charge on any atom is 0.244 e. The van der Waals surface area contributed by atoms with Crippen molar-refractivity contribution in [1.82, 2.24) is 9.29 Å². The number of aliphatic hydroxyl groups is 1. The first-order chi connectivity index (χ1) is 9.87. The molecule has 2 rings (SSSR count). The number of ether oxygens (including phenoxy) is 1. The number of hydrogen-bond acceptors (Lipinski definition) is 6. The zero-order valence-corrected chi connectivity index (χ0v) is 12.8. The molecule has 1 saturated heterocycles. The monoisotopic (exact) mass is 315 g/mol. The molecule has 1 aromatic heterocycles. The van der Waals surface area contributed by atoms with Gasteiger partial charge >= 0.3 is 0 Å². The van der Waals surface area contributed by atoms with Crippen LogP contribution in [0.25, 0.3) is 0 Å². The van der Waals surface area contributed by atoms with Crippen LogP contribution in [0.3, 0.4) is 0 Å². The SMILES string of the molecule is CN(CC1(O)CCOCC1)S(=O)(=O)c1ccc(CN)nc1. The van der Waals surface area contributed by atoms with Gasteiger partial charge in [0, 0.05) is 52.4 Å². The van der Waals surface area contributed by atoms with Crippen LogP contribution in [0, 0.1) is 0 Å². The maximum atomic E-state index is 12.5. The van der Waals surface area contributed by atoms with E-state index < -0.39 is 15.6 Å². The minimum absolute atomic E-state index is 0.0390. The Morgan fingerprint density at radius 2 is 2.10 bits per heavy atom. The Hall–Kier alpha value is -1.06. The highest BCUT2D eigenvalue weighted by molar-refractivity contribution is 7.89. The smallest absolute Gasteiger partial charge is 0.244 e. The van der Waals surface area contributed by atoms with Gasteiger partial charge in [-0.05, 0) is 12.1 Å².